The maximum atomic E-state index is 11.0. The van der Waals surface area contributed by atoms with Gasteiger partial charge < -0.3 is 5.73 Å². The van der Waals surface area contributed by atoms with Crippen molar-refractivity contribution in [2.75, 3.05) is 5.75 Å². The van der Waals surface area contributed by atoms with Gasteiger partial charge in [0, 0.05) is 11.4 Å². The SMILES string of the molecule is C=CCn1c(SCC(N)=O)nnc1-c1cc2c(s1)CC[C@@H](CC)C2. The van der Waals surface area contributed by atoms with Crippen LogP contribution in [0.5, 0.6) is 0 Å². The number of carbonyl (C=O) groups excluding carboxylic acids is 1. The second-order valence-electron chi connectivity index (χ2n) is 6.04. The molecule has 7 heteroatoms. The summed E-state index contributed by atoms with van der Waals surface area (Å²) in [5.74, 6) is 1.50. The standard InChI is InChI=1S/C17H22N4OS2/c1-3-7-21-16(19-20-17(21)23-10-15(18)22)14-9-12-8-11(4-2)5-6-13(12)24-14/h3,9,11H,1,4-8,10H2,2H3,(H2,18,22)/t11-/m1/s1. The van der Waals surface area contributed by atoms with Crippen molar-refractivity contribution in [1.29, 1.82) is 0 Å². The first-order valence-electron chi connectivity index (χ1n) is 8.19. The number of rotatable bonds is 7. The second kappa shape index (κ2) is 7.53. The number of primary amides is 1. The maximum absolute atomic E-state index is 11.0. The van der Waals surface area contributed by atoms with Crippen molar-refractivity contribution in [3.8, 4) is 10.7 Å². The fraction of sp³-hybridized carbons (Fsp3) is 0.471. The average molecular weight is 363 g/mol. The van der Waals surface area contributed by atoms with Crippen LogP contribution in [0.1, 0.15) is 30.2 Å². The van der Waals surface area contributed by atoms with E-state index in [-0.39, 0.29) is 11.7 Å². The van der Waals surface area contributed by atoms with Crippen LogP contribution in [0, 0.1) is 5.92 Å². The highest BCUT2D eigenvalue weighted by molar-refractivity contribution is 7.99. The van der Waals surface area contributed by atoms with Crippen LogP contribution in [-0.2, 0) is 24.2 Å². The van der Waals surface area contributed by atoms with E-state index >= 15 is 0 Å². The number of nitrogens with two attached hydrogens (primary N) is 1. The molecule has 3 rings (SSSR count). The predicted octanol–water partition coefficient (Wildman–Crippen LogP) is 3.28. The molecule has 0 radical (unpaired) electrons. The molecule has 0 aromatic carbocycles. The van der Waals surface area contributed by atoms with Crippen LogP contribution >= 0.6 is 23.1 Å². The third kappa shape index (κ3) is 3.57. The molecular formula is C17H22N4OS2. The molecule has 0 saturated carbocycles. The molecule has 1 aliphatic carbocycles. The van der Waals surface area contributed by atoms with Crippen LogP contribution < -0.4 is 5.73 Å². The Labute approximate surface area is 150 Å². The van der Waals surface area contributed by atoms with Gasteiger partial charge in [-0.2, -0.15) is 0 Å². The van der Waals surface area contributed by atoms with Crippen molar-refractivity contribution >= 4 is 29.0 Å². The van der Waals surface area contributed by atoms with Gasteiger partial charge in [-0.15, -0.1) is 28.1 Å². The summed E-state index contributed by atoms with van der Waals surface area (Å²) in [5.41, 5.74) is 6.70. The van der Waals surface area contributed by atoms with Crippen LogP contribution in [0.25, 0.3) is 10.7 Å². The lowest BCUT2D eigenvalue weighted by Gasteiger charge is -2.19. The molecule has 0 spiro atoms. The highest BCUT2D eigenvalue weighted by Crippen LogP contribution is 2.38. The molecule has 0 saturated heterocycles. The highest BCUT2D eigenvalue weighted by Gasteiger charge is 2.23. The number of amides is 1. The van der Waals surface area contributed by atoms with E-state index in [9.17, 15) is 4.79 Å². The van der Waals surface area contributed by atoms with Gasteiger partial charge in [0.15, 0.2) is 11.0 Å². The molecule has 2 heterocycles. The molecule has 128 valence electrons. The molecule has 5 nitrogen and oxygen atoms in total. The van der Waals surface area contributed by atoms with E-state index in [1.165, 1.54) is 41.5 Å². The molecule has 2 aromatic rings. The molecule has 2 aromatic heterocycles. The molecule has 0 aliphatic heterocycles. The van der Waals surface area contributed by atoms with Crippen molar-refractivity contribution in [3.63, 3.8) is 0 Å². The number of hydrogen-bond acceptors (Lipinski definition) is 5. The number of fused-ring (bicyclic) bond motifs is 1. The summed E-state index contributed by atoms with van der Waals surface area (Å²) in [6.07, 6.45) is 6.67. The van der Waals surface area contributed by atoms with Crippen LogP contribution in [0.2, 0.25) is 0 Å². The van der Waals surface area contributed by atoms with Crippen molar-refractivity contribution < 1.29 is 4.79 Å². The largest absolute Gasteiger partial charge is 0.369 e. The number of nitrogens with zero attached hydrogens (tertiary/aromatic N) is 3. The van der Waals surface area contributed by atoms with Crippen molar-refractivity contribution in [2.24, 2.45) is 11.7 Å². The average Bonchev–Trinajstić information content (AvgIpc) is 3.16. The van der Waals surface area contributed by atoms with Gasteiger partial charge in [0.1, 0.15) is 0 Å². The first-order valence-corrected chi connectivity index (χ1v) is 9.99. The smallest absolute Gasteiger partial charge is 0.227 e. The summed E-state index contributed by atoms with van der Waals surface area (Å²) in [7, 11) is 0. The van der Waals surface area contributed by atoms with Gasteiger partial charge >= 0.3 is 0 Å². The van der Waals surface area contributed by atoms with Gasteiger partial charge in [-0.25, -0.2) is 0 Å². The quantitative estimate of drug-likeness (QED) is 0.606. The van der Waals surface area contributed by atoms with Crippen LogP contribution in [-0.4, -0.2) is 26.4 Å². The zero-order valence-corrected chi connectivity index (χ0v) is 15.5. The third-order valence-electron chi connectivity index (χ3n) is 4.35. The van der Waals surface area contributed by atoms with Gasteiger partial charge in [0.05, 0.1) is 10.6 Å². The molecule has 1 aliphatic rings. The van der Waals surface area contributed by atoms with Gasteiger partial charge in [0.25, 0.3) is 0 Å². The molecule has 1 amide bonds. The fourth-order valence-electron chi connectivity index (χ4n) is 3.06. The Morgan fingerprint density at radius 3 is 3.12 bits per heavy atom. The number of aromatic nitrogens is 3. The summed E-state index contributed by atoms with van der Waals surface area (Å²) >= 11 is 3.14. The Morgan fingerprint density at radius 1 is 1.58 bits per heavy atom. The lowest BCUT2D eigenvalue weighted by molar-refractivity contribution is -0.115. The van der Waals surface area contributed by atoms with Crippen molar-refractivity contribution in [2.45, 2.75) is 44.3 Å². The summed E-state index contributed by atoms with van der Waals surface area (Å²) in [5, 5.41) is 9.33. The topological polar surface area (TPSA) is 73.8 Å². The van der Waals surface area contributed by atoms with Crippen LogP contribution in [0.15, 0.2) is 23.9 Å². The molecule has 2 N–H and O–H groups in total. The van der Waals surface area contributed by atoms with Gasteiger partial charge in [0.2, 0.25) is 5.91 Å². The fourth-order valence-corrected chi connectivity index (χ4v) is 4.95. The molecule has 0 unspecified atom stereocenters. The van der Waals surface area contributed by atoms with E-state index in [2.05, 4.69) is 29.8 Å². The molecule has 24 heavy (non-hydrogen) atoms. The van der Waals surface area contributed by atoms with E-state index in [0.29, 0.717) is 11.7 Å². The lowest BCUT2D eigenvalue weighted by atomic mass is 9.87. The van der Waals surface area contributed by atoms with E-state index in [0.717, 1.165) is 23.0 Å². The number of allylic oxidation sites excluding steroid dienone is 1. The summed E-state index contributed by atoms with van der Waals surface area (Å²) in [4.78, 5) is 13.7. The molecular weight excluding hydrogens is 340 g/mol. The van der Waals surface area contributed by atoms with E-state index in [4.69, 9.17) is 5.73 Å². The third-order valence-corrected chi connectivity index (χ3v) is 6.58. The Bertz CT molecular complexity index is 750. The number of thioether (sulfide) groups is 1. The summed E-state index contributed by atoms with van der Waals surface area (Å²) in [6.45, 7) is 6.70. The Kier molecular flexibility index (Phi) is 5.40. The first kappa shape index (κ1) is 17.2. The van der Waals surface area contributed by atoms with Gasteiger partial charge in [-0.1, -0.05) is 31.2 Å². The predicted molar refractivity (Wildman–Crippen MR) is 99.3 cm³/mol. The Hall–Kier alpha value is -1.60. The number of carbonyl (C=O) groups is 1. The van der Waals surface area contributed by atoms with Crippen LogP contribution in [0.4, 0.5) is 0 Å². The maximum Gasteiger partial charge on any atom is 0.227 e. The first-order chi connectivity index (χ1) is 11.6. The summed E-state index contributed by atoms with van der Waals surface area (Å²) < 4.78 is 2.01. The Balaban J connectivity index is 1.90. The summed E-state index contributed by atoms with van der Waals surface area (Å²) in [6, 6.07) is 2.27. The monoisotopic (exact) mass is 362 g/mol. The zero-order valence-electron chi connectivity index (χ0n) is 13.8. The van der Waals surface area contributed by atoms with Gasteiger partial charge in [-0.05, 0) is 36.8 Å². The number of hydrogen-bond donors (Lipinski definition) is 1. The molecule has 0 fully saturated rings. The normalized spacial score (nSPS) is 16.8. The number of thiophene rings is 1. The Morgan fingerprint density at radius 2 is 2.42 bits per heavy atom. The zero-order chi connectivity index (χ0) is 17.1. The van der Waals surface area contributed by atoms with Crippen LogP contribution in [0.3, 0.4) is 0 Å². The minimum Gasteiger partial charge on any atom is -0.369 e. The number of aryl methyl sites for hydroxylation is 1. The lowest BCUT2D eigenvalue weighted by Crippen LogP contribution is -2.13. The highest BCUT2D eigenvalue weighted by atomic mass is 32.2. The van der Waals surface area contributed by atoms with Crippen molar-refractivity contribution in [3.05, 3.63) is 29.2 Å². The van der Waals surface area contributed by atoms with Crippen molar-refractivity contribution in [1.82, 2.24) is 14.8 Å². The minimum absolute atomic E-state index is 0.203. The molecule has 1 atom stereocenters. The van der Waals surface area contributed by atoms with Gasteiger partial charge in [-0.3, -0.25) is 9.36 Å². The minimum atomic E-state index is -0.355. The second-order valence-corrected chi connectivity index (χ2v) is 8.12. The van der Waals surface area contributed by atoms with E-state index in [1.807, 2.05) is 22.0 Å². The van der Waals surface area contributed by atoms with E-state index in [1.54, 1.807) is 0 Å². The molecule has 0 bridgehead atoms. The van der Waals surface area contributed by atoms with E-state index < -0.39 is 0 Å².